The van der Waals surface area contributed by atoms with Gasteiger partial charge in [0.1, 0.15) is 22.3 Å². The van der Waals surface area contributed by atoms with Gasteiger partial charge in [-0.05, 0) is 49.9 Å². The zero-order valence-electron chi connectivity index (χ0n) is 22.4. The molecular weight excluding hydrogens is 530 g/mol. The average Bonchev–Trinajstić information content (AvgIpc) is 3.89. The van der Waals surface area contributed by atoms with Gasteiger partial charge in [0, 0.05) is 48.4 Å². The van der Waals surface area contributed by atoms with Crippen LogP contribution in [-0.4, -0.2) is 64.4 Å². The summed E-state index contributed by atoms with van der Waals surface area (Å²) in [7, 11) is -2.03. The van der Waals surface area contributed by atoms with Crippen molar-refractivity contribution >= 4 is 44.7 Å². The zero-order valence-corrected chi connectivity index (χ0v) is 23.2. The van der Waals surface area contributed by atoms with Crippen LogP contribution in [0.5, 0.6) is 5.75 Å². The first-order chi connectivity index (χ1) is 19.4. The first-order valence-electron chi connectivity index (χ1n) is 13.8. The molecule has 210 valence electrons. The highest BCUT2D eigenvalue weighted by atomic mass is 32.2. The van der Waals surface area contributed by atoms with Gasteiger partial charge in [0.2, 0.25) is 16.0 Å². The third-order valence-corrected chi connectivity index (χ3v) is 9.60. The van der Waals surface area contributed by atoms with Gasteiger partial charge in [0.25, 0.3) is 0 Å². The fourth-order valence-corrected chi connectivity index (χ4v) is 6.96. The quantitative estimate of drug-likeness (QED) is 0.306. The Morgan fingerprint density at radius 3 is 2.60 bits per heavy atom. The van der Waals surface area contributed by atoms with Crippen molar-refractivity contribution in [3.8, 4) is 5.75 Å². The van der Waals surface area contributed by atoms with Crippen molar-refractivity contribution in [2.75, 3.05) is 60.8 Å². The van der Waals surface area contributed by atoms with E-state index < -0.39 is 10.0 Å². The number of para-hydroxylation sites is 1. The van der Waals surface area contributed by atoms with Crippen LogP contribution in [0, 0.1) is 0 Å². The minimum absolute atomic E-state index is 0.0145. The number of rotatable bonds is 9. The summed E-state index contributed by atoms with van der Waals surface area (Å²) in [5.74, 6) is 2.43. The molecule has 2 aromatic carbocycles. The van der Waals surface area contributed by atoms with Crippen molar-refractivity contribution in [2.45, 2.75) is 42.0 Å². The number of nitrogens with zero attached hydrogens (tertiary/aromatic N) is 3. The summed E-state index contributed by atoms with van der Waals surface area (Å²) < 4.78 is 40.3. The molecule has 2 saturated carbocycles. The van der Waals surface area contributed by atoms with Crippen LogP contribution >= 0.6 is 0 Å². The molecule has 40 heavy (non-hydrogen) atoms. The number of benzene rings is 2. The van der Waals surface area contributed by atoms with Crippen molar-refractivity contribution in [2.24, 2.45) is 0 Å². The van der Waals surface area contributed by atoms with Crippen LogP contribution < -0.4 is 30.3 Å². The van der Waals surface area contributed by atoms with E-state index >= 15 is 0 Å². The van der Waals surface area contributed by atoms with Crippen molar-refractivity contribution in [1.82, 2.24) is 14.7 Å². The fourth-order valence-electron chi connectivity index (χ4n) is 5.49. The summed E-state index contributed by atoms with van der Waals surface area (Å²) >= 11 is 0. The van der Waals surface area contributed by atoms with E-state index in [0.717, 1.165) is 68.1 Å². The van der Waals surface area contributed by atoms with Gasteiger partial charge in [-0.1, -0.05) is 12.1 Å². The summed E-state index contributed by atoms with van der Waals surface area (Å²) in [6.45, 7) is 3.86. The molecule has 0 radical (unpaired) electrons. The van der Waals surface area contributed by atoms with Gasteiger partial charge in [-0.15, -0.1) is 0 Å². The summed E-state index contributed by atoms with van der Waals surface area (Å²) in [5, 5.41) is 10.2. The van der Waals surface area contributed by atoms with Crippen molar-refractivity contribution in [1.29, 1.82) is 0 Å². The molecule has 0 amide bonds. The lowest BCUT2D eigenvalue weighted by Crippen LogP contribution is -2.36. The summed E-state index contributed by atoms with van der Waals surface area (Å²) in [6.07, 6.45) is 3.82. The second-order valence-electron chi connectivity index (χ2n) is 10.9. The van der Waals surface area contributed by atoms with Gasteiger partial charge in [-0.2, -0.15) is 9.97 Å². The van der Waals surface area contributed by atoms with Gasteiger partial charge >= 0.3 is 0 Å². The third kappa shape index (κ3) is 4.80. The predicted octanol–water partition coefficient (Wildman–Crippen LogP) is 3.71. The molecular formula is C28H33N7O4S. The van der Waals surface area contributed by atoms with E-state index in [4.69, 9.17) is 19.4 Å². The predicted molar refractivity (Wildman–Crippen MR) is 154 cm³/mol. The number of methoxy groups -OCH3 is 1. The number of anilines is 6. The Balaban J connectivity index is 1.22. The van der Waals surface area contributed by atoms with Crippen LogP contribution in [0.4, 0.5) is 34.6 Å². The standard InChI is InChI=1S/C28H33N7O4S/c1-38-22-16-19(35-12-14-39-15-13-35)8-9-20(22)31-27-32-25-24(28(10-11-28)17-29-25)26(33-27)30-21-4-2-3-5-23(21)40(36,37)34-18-6-7-18/h2-5,8-9,16,18,34H,6-7,10-15,17H2,1H3,(H3,29,30,31,32,33). The van der Waals surface area contributed by atoms with E-state index in [1.165, 1.54) is 0 Å². The van der Waals surface area contributed by atoms with Crippen LogP contribution in [0.2, 0.25) is 0 Å². The monoisotopic (exact) mass is 563 g/mol. The number of sulfonamides is 1. The Morgan fingerprint density at radius 2 is 1.85 bits per heavy atom. The highest BCUT2D eigenvalue weighted by Gasteiger charge is 2.52. The molecule has 7 rings (SSSR count). The Hall–Kier alpha value is -3.61. The van der Waals surface area contributed by atoms with Gasteiger partial charge in [0.05, 0.1) is 31.7 Å². The van der Waals surface area contributed by atoms with E-state index in [0.29, 0.717) is 36.4 Å². The lowest BCUT2D eigenvalue weighted by molar-refractivity contribution is 0.122. The first-order valence-corrected chi connectivity index (χ1v) is 15.2. The average molecular weight is 564 g/mol. The van der Waals surface area contributed by atoms with Crippen molar-refractivity contribution in [3.05, 3.63) is 48.0 Å². The molecule has 4 N–H and O–H groups in total. The van der Waals surface area contributed by atoms with E-state index in [1.807, 2.05) is 24.3 Å². The normalized spacial score (nSPS) is 19.2. The zero-order chi connectivity index (χ0) is 27.3. The van der Waals surface area contributed by atoms with Gasteiger partial charge in [-0.25, -0.2) is 13.1 Å². The second kappa shape index (κ2) is 9.79. The largest absolute Gasteiger partial charge is 0.494 e. The SMILES string of the molecule is COc1cc(N2CCOCC2)ccc1Nc1nc2c(c(Nc3ccccc3S(=O)(=O)NC3CC3)n1)C1(CC1)CN2. The van der Waals surface area contributed by atoms with E-state index in [2.05, 4.69) is 25.6 Å². The topological polar surface area (TPSA) is 130 Å². The Labute approximate surface area is 233 Å². The van der Waals surface area contributed by atoms with E-state index in [-0.39, 0.29) is 16.4 Å². The highest BCUT2D eigenvalue weighted by molar-refractivity contribution is 7.89. The third-order valence-electron chi connectivity index (χ3n) is 8.02. The van der Waals surface area contributed by atoms with Crippen LogP contribution in [0.25, 0.3) is 0 Å². The van der Waals surface area contributed by atoms with Crippen molar-refractivity contribution in [3.63, 3.8) is 0 Å². The smallest absolute Gasteiger partial charge is 0.242 e. The molecule has 2 aliphatic heterocycles. The molecule has 3 aromatic rings. The van der Waals surface area contributed by atoms with Gasteiger partial charge < -0.3 is 30.3 Å². The summed E-state index contributed by atoms with van der Waals surface area (Å²) in [4.78, 5) is 12.2. The fraction of sp³-hybridized carbons (Fsp3) is 0.429. The first kappa shape index (κ1) is 25.4. The molecule has 1 aromatic heterocycles. The molecule has 3 fully saturated rings. The Bertz CT molecular complexity index is 1550. The van der Waals surface area contributed by atoms with E-state index in [9.17, 15) is 8.42 Å². The van der Waals surface area contributed by atoms with Crippen LogP contribution in [0.1, 0.15) is 31.2 Å². The molecule has 4 aliphatic rings. The van der Waals surface area contributed by atoms with Crippen molar-refractivity contribution < 1.29 is 17.9 Å². The maximum Gasteiger partial charge on any atom is 0.242 e. The molecule has 0 atom stereocenters. The van der Waals surface area contributed by atoms with Crippen LogP contribution in [0.3, 0.4) is 0 Å². The number of hydrogen-bond donors (Lipinski definition) is 4. The molecule has 12 heteroatoms. The van der Waals surface area contributed by atoms with Crippen LogP contribution in [-0.2, 0) is 20.2 Å². The minimum atomic E-state index is -3.67. The second-order valence-corrected chi connectivity index (χ2v) is 12.6. The molecule has 2 aliphatic carbocycles. The molecule has 0 unspecified atom stereocenters. The molecule has 1 saturated heterocycles. The maximum atomic E-state index is 13.2. The number of nitrogens with one attached hydrogen (secondary N) is 4. The number of ether oxygens (including phenoxy) is 2. The molecule has 11 nitrogen and oxygen atoms in total. The maximum absolute atomic E-state index is 13.2. The summed E-state index contributed by atoms with van der Waals surface area (Å²) in [6, 6.07) is 13.0. The lowest BCUT2D eigenvalue weighted by Gasteiger charge is -2.29. The number of morpholine rings is 1. The number of aromatic nitrogens is 2. The Morgan fingerprint density at radius 1 is 1.05 bits per heavy atom. The lowest BCUT2D eigenvalue weighted by atomic mass is 10.0. The van der Waals surface area contributed by atoms with Gasteiger partial charge in [0.15, 0.2) is 0 Å². The number of fused-ring (bicyclic) bond motifs is 2. The van der Waals surface area contributed by atoms with Crippen LogP contribution in [0.15, 0.2) is 47.4 Å². The molecule has 1 spiro atoms. The minimum Gasteiger partial charge on any atom is -0.494 e. The summed E-state index contributed by atoms with van der Waals surface area (Å²) in [5.41, 5.74) is 3.28. The molecule has 3 heterocycles. The Kier molecular flexibility index (Phi) is 6.21. The molecule has 0 bridgehead atoms. The highest BCUT2D eigenvalue weighted by Crippen LogP contribution is 2.56. The van der Waals surface area contributed by atoms with Gasteiger partial charge in [-0.3, -0.25) is 0 Å². The number of hydrogen-bond acceptors (Lipinski definition) is 10. The van der Waals surface area contributed by atoms with E-state index in [1.54, 1.807) is 25.3 Å².